The minimum atomic E-state index is -0.0689. The Bertz CT molecular complexity index is 517. The molecule has 0 saturated heterocycles. The fourth-order valence-electron chi connectivity index (χ4n) is 2.58. The van der Waals surface area contributed by atoms with Gasteiger partial charge in [-0.15, -0.1) is 0 Å². The van der Waals surface area contributed by atoms with E-state index in [1.807, 2.05) is 24.4 Å². The van der Waals surface area contributed by atoms with Crippen LogP contribution in [0.5, 0.6) is 0 Å². The topological polar surface area (TPSA) is 60.9 Å². The third-order valence-electron chi connectivity index (χ3n) is 3.74. The van der Waals surface area contributed by atoms with Crippen LogP contribution in [0.1, 0.15) is 18.4 Å². The summed E-state index contributed by atoms with van der Waals surface area (Å²) in [7, 11) is 0. The number of aliphatic hydroxyl groups excluding tert-OH is 1. The number of H-pyrrole nitrogens is 1. The number of rotatable bonds is 5. The van der Waals surface area contributed by atoms with Gasteiger partial charge in [0.15, 0.2) is 0 Å². The molecule has 4 heteroatoms. The third-order valence-corrected chi connectivity index (χ3v) is 3.74. The minimum Gasteiger partial charge on any atom is -0.393 e. The van der Waals surface area contributed by atoms with Crippen LogP contribution in [0.4, 0.5) is 0 Å². The summed E-state index contributed by atoms with van der Waals surface area (Å²) < 4.78 is 0. The van der Waals surface area contributed by atoms with Crippen molar-refractivity contribution in [2.24, 2.45) is 5.92 Å². The number of aromatic amines is 1. The number of nitrogens with zero attached hydrogens (tertiary/aromatic N) is 1. The zero-order chi connectivity index (χ0) is 13.1. The lowest BCUT2D eigenvalue weighted by atomic mass is 9.82. The SMILES string of the molecule is OC1CC(CNCc2cn[nH]c2-c2ccccc2)C1. The Morgan fingerprint density at radius 3 is 2.79 bits per heavy atom. The second-order valence-corrected chi connectivity index (χ2v) is 5.26. The molecule has 0 unspecified atom stereocenters. The molecule has 3 N–H and O–H groups in total. The average Bonchev–Trinajstić information content (AvgIpc) is 2.86. The number of aromatic nitrogens is 2. The predicted molar refractivity (Wildman–Crippen MR) is 74.5 cm³/mol. The van der Waals surface area contributed by atoms with Crippen molar-refractivity contribution in [1.82, 2.24) is 15.5 Å². The molecule has 1 heterocycles. The maximum absolute atomic E-state index is 9.25. The van der Waals surface area contributed by atoms with E-state index in [9.17, 15) is 5.11 Å². The normalized spacial score (nSPS) is 22.2. The van der Waals surface area contributed by atoms with Gasteiger partial charge in [0.05, 0.1) is 18.0 Å². The van der Waals surface area contributed by atoms with Gasteiger partial charge in [-0.25, -0.2) is 0 Å². The van der Waals surface area contributed by atoms with Crippen LogP contribution in [0, 0.1) is 5.92 Å². The molecule has 1 aliphatic rings. The average molecular weight is 257 g/mol. The first-order valence-corrected chi connectivity index (χ1v) is 6.79. The van der Waals surface area contributed by atoms with E-state index in [4.69, 9.17) is 0 Å². The molecule has 0 atom stereocenters. The van der Waals surface area contributed by atoms with Crippen molar-refractivity contribution in [2.75, 3.05) is 6.54 Å². The number of aliphatic hydroxyl groups is 1. The minimum absolute atomic E-state index is 0.0689. The molecular formula is C15H19N3O. The molecule has 2 aromatic rings. The third kappa shape index (κ3) is 2.85. The highest BCUT2D eigenvalue weighted by Gasteiger charge is 2.26. The zero-order valence-corrected chi connectivity index (χ0v) is 10.8. The van der Waals surface area contributed by atoms with Gasteiger partial charge < -0.3 is 10.4 Å². The van der Waals surface area contributed by atoms with Crippen molar-refractivity contribution in [3.05, 3.63) is 42.1 Å². The fourth-order valence-corrected chi connectivity index (χ4v) is 2.58. The van der Waals surface area contributed by atoms with Gasteiger partial charge in [-0.3, -0.25) is 5.10 Å². The zero-order valence-electron chi connectivity index (χ0n) is 10.8. The Morgan fingerprint density at radius 2 is 2.05 bits per heavy atom. The van der Waals surface area contributed by atoms with Gasteiger partial charge >= 0.3 is 0 Å². The van der Waals surface area contributed by atoms with Gasteiger partial charge in [-0.1, -0.05) is 30.3 Å². The van der Waals surface area contributed by atoms with Crippen LogP contribution in [-0.4, -0.2) is 28.0 Å². The van der Waals surface area contributed by atoms with Gasteiger partial charge in [0.2, 0.25) is 0 Å². The van der Waals surface area contributed by atoms with E-state index < -0.39 is 0 Å². The Labute approximate surface area is 112 Å². The van der Waals surface area contributed by atoms with E-state index >= 15 is 0 Å². The summed E-state index contributed by atoms with van der Waals surface area (Å²) in [5.74, 6) is 0.627. The van der Waals surface area contributed by atoms with Crippen LogP contribution in [0.3, 0.4) is 0 Å². The van der Waals surface area contributed by atoms with Crippen LogP contribution in [0.2, 0.25) is 0 Å². The highest BCUT2D eigenvalue weighted by molar-refractivity contribution is 5.62. The van der Waals surface area contributed by atoms with E-state index in [1.54, 1.807) is 0 Å². The maximum Gasteiger partial charge on any atom is 0.0695 e. The Hall–Kier alpha value is -1.65. The first-order valence-electron chi connectivity index (χ1n) is 6.79. The molecule has 19 heavy (non-hydrogen) atoms. The molecule has 100 valence electrons. The maximum atomic E-state index is 9.25. The molecule has 1 aliphatic carbocycles. The van der Waals surface area contributed by atoms with Crippen molar-refractivity contribution >= 4 is 0 Å². The lowest BCUT2D eigenvalue weighted by Crippen LogP contribution is -2.35. The first-order chi connectivity index (χ1) is 9.33. The summed E-state index contributed by atoms with van der Waals surface area (Å²) >= 11 is 0. The van der Waals surface area contributed by atoms with Gasteiger partial charge in [-0.05, 0) is 30.9 Å². The summed E-state index contributed by atoms with van der Waals surface area (Å²) in [6.45, 7) is 1.78. The van der Waals surface area contributed by atoms with E-state index in [0.717, 1.165) is 37.2 Å². The van der Waals surface area contributed by atoms with Gasteiger partial charge in [0.1, 0.15) is 0 Å². The van der Waals surface area contributed by atoms with Crippen LogP contribution in [0.25, 0.3) is 11.3 Å². The highest BCUT2D eigenvalue weighted by atomic mass is 16.3. The molecule has 1 aromatic heterocycles. The summed E-state index contributed by atoms with van der Waals surface area (Å²) in [6.07, 6.45) is 3.68. The number of nitrogens with one attached hydrogen (secondary N) is 2. The van der Waals surface area contributed by atoms with Crippen molar-refractivity contribution in [2.45, 2.75) is 25.5 Å². The fraction of sp³-hybridized carbons (Fsp3) is 0.400. The summed E-state index contributed by atoms with van der Waals surface area (Å²) in [5.41, 5.74) is 3.43. The van der Waals surface area contributed by atoms with Crippen molar-refractivity contribution < 1.29 is 5.11 Å². The number of benzene rings is 1. The van der Waals surface area contributed by atoms with Gasteiger partial charge in [0, 0.05) is 12.1 Å². The monoisotopic (exact) mass is 257 g/mol. The Morgan fingerprint density at radius 1 is 1.26 bits per heavy atom. The largest absolute Gasteiger partial charge is 0.393 e. The Kier molecular flexibility index (Phi) is 3.62. The van der Waals surface area contributed by atoms with Crippen molar-refractivity contribution in [3.63, 3.8) is 0 Å². The second kappa shape index (κ2) is 5.55. The molecule has 1 saturated carbocycles. The van der Waals surface area contributed by atoms with Crippen LogP contribution in [0.15, 0.2) is 36.5 Å². The first kappa shape index (κ1) is 12.4. The second-order valence-electron chi connectivity index (χ2n) is 5.26. The summed E-state index contributed by atoms with van der Waals surface area (Å²) in [6, 6.07) is 10.2. The van der Waals surface area contributed by atoms with E-state index in [-0.39, 0.29) is 6.10 Å². The van der Waals surface area contributed by atoms with Crippen LogP contribution in [-0.2, 0) is 6.54 Å². The highest BCUT2D eigenvalue weighted by Crippen LogP contribution is 2.26. The van der Waals surface area contributed by atoms with E-state index in [1.165, 1.54) is 5.56 Å². The summed E-state index contributed by atoms with van der Waals surface area (Å²) in [5, 5.41) is 19.9. The molecule has 0 amide bonds. The smallest absolute Gasteiger partial charge is 0.0695 e. The lowest BCUT2D eigenvalue weighted by Gasteiger charge is -2.31. The molecule has 3 rings (SSSR count). The molecule has 4 nitrogen and oxygen atoms in total. The van der Waals surface area contributed by atoms with Crippen molar-refractivity contribution in [3.8, 4) is 11.3 Å². The van der Waals surface area contributed by atoms with Crippen molar-refractivity contribution in [1.29, 1.82) is 0 Å². The van der Waals surface area contributed by atoms with Gasteiger partial charge in [-0.2, -0.15) is 5.10 Å². The molecule has 0 spiro atoms. The molecule has 0 aliphatic heterocycles. The quantitative estimate of drug-likeness (QED) is 0.767. The lowest BCUT2D eigenvalue weighted by molar-refractivity contribution is 0.0430. The predicted octanol–water partition coefficient (Wildman–Crippen LogP) is 1.94. The van der Waals surface area contributed by atoms with E-state index in [0.29, 0.717) is 5.92 Å². The van der Waals surface area contributed by atoms with Crippen LogP contribution >= 0.6 is 0 Å². The van der Waals surface area contributed by atoms with E-state index in [2.05, 4.69) is 27.6 Å². The molecular weight excluding hydrogens is 238 g/mol. The molecule has 0 radical (unpaired) electrons. The standard InChI is InChI=1S/C15H19N3O/c19-14-6-11(7-14)8-16-9-13-10-17-18-15(13)12-4-2-1-3-5-12/h1-5,10-11,14,16,19H,6-9H2,(H,17,18). The summed E-state index contributed by atoms with van der Waals surface area (Å²) in [4.78, 5) is 0. The molecule has 1 fully saturated rings. The number of hydrogen-bond donors (Lipinski definition) is 3. The number of hydrogen-bond acceptors (Lipinski definition) is 3. The Balaban J connectivity index is 1.58. The molecule has 0 bridgehead atoms. The van der Waals surface area contributed by atoms with Gasteiger partial charge in [0.25, 0.3) is 0 Å². The van der Waals surface area contributed by atoms with Crippen LogP contribution < -0.4 is 5.32 Å². The molecule has 1 aromatic carbocycles.